The van der Waals surface area contributed by atoms with Gasteiger partial charge in [0.1, 0.15) is 0 Å². The highest BCUT2D eigenvalue weighted by molar-refractivity contribution is 7.98. The van der Waals surface area contributed by atoms with Crippen LogP contribution in [0.1, 0.15) is 49.8 Å². The van der Waals surface area contributed by atoms with Crippen LogP contribution in [0.5, 0.6) is 0 Å². The summed E-state index contributed by atoms with van der Waals surface area (Å²) in [7, 11) is 0. The van der Waals surface area contributed by atoms with E-state index in [1.54, 1.807) is 0 Å². The lowest BCUT2D eigenvalue weighted by Crippen LogP contribution is -2.31. The summed E-state index contributed by atoms with van der Waals surface area (Å²) < 4.78 is 0. The summed E-state index contributed by atoms with van der Waals surface area (Å²) in [6.07, 6.45) is 3.79. The minimum absolute atomic E-state index is 0.681. The van der Waals surface area contributed by atoms with Gasteiger partial charge in [0.25, 0.3) is 0 Å². The Morgan fingerprint density at radius 2 is 1.74 bits per heavy atom. The molecular formula is C17H29NS. The van der Waals surface area contributed by atoms with E-state index in [9.17, 15) is 0 Å². The lowest BCUT2D eigenvalue weighted by molar-refractivity contribution is 0.514. The zero-order valence-electron chi connectivity index (χ0n) is 13.0. The Morgan fingerprint density at radius 3 is 2.32 bits per heavy atom. The van der Waals surface area contributed by atoms with Gasteiger partial charge in [-0.2, -0.15) is 11.8 Å². The molecule has 0 aliphatic heterocycles. The summed E-state index contributed by atoms with van der Waals surface area (Å²) in [5.74, 6) is 2.36. The quantitative estimate of drug-likeness (QED) is 0.703. The third-order valence-corrected chi connectivity index (χ3v) is 4.36. The predicted octanol–water partition coefficient (Wildman–Crippen LogP) is 4.70. The van der Waals surface area contributed by atoms with Crippen molar-refractivity contribution in [3.8, 4) is 0 Å². The summed E-state index contributed by atoms with van der Waals surface area (Å²) in [6, 6.07) is 7.56. The molecule has 0 aromatic heterocycles. The van der Waals surface area contributed by atoms with Crippen LogP contribution in [0, 0.1) is 13.8 Å². The average Bonchev–Trinajstić information content (AvgIpc) is 2.34. The lowest BCUT2D eigenvalue weighted by Gasteiger charge is -2.17. The van der Waals surface area contributed by atoms with Gasteiger partial charge in [-0.05, 0) is 38.8 Å². The van der Waals surface area contributed by atoms with Crippen molar-refractivity contribution < 1.29 is 0 Å². The van der Waals surface area contributed by atoms with Crippen LogP contribution in [0.3, 0.4) is 0 Å². The van der Waals surface area contributed by atoms with Crippen molar-refractivity contribution in [2.45, 2.75) is 58.8 Å². The van der Waals surface area contributed by atoms with Gasteiger partial charge in [0, 0.05) is 17.5 Å². The number of aryl methyl sites for hydroxylation is 2. The second kappa shape index (κ2) is 9.44. The summed E-state index contributed by atoms with van der Waals surface area (Å²) in [4.78, 5) is 0. The fraction of sp³-hybridized carbons (Fsp3) is 0.647. The molecule has 0 radical (unpaired) electrons. The fourth-order valence-electron chi connectivity index (χ4n) is 2.41. The molecule has 1 nitrogen and oxygen atoms in total. The summed E-state index contributed by atoms with van der Waals surface area (Å²) in [6.45, 7) is 10.0. The molecule has 0 aliphatic rings. The van der Waals surface area contributed by atoms with Gasteiger partial charge in [-0.15, -0.1) is 0 Å². The van der Waals surface area contributed by atoms with Crippen LogP contribution < -0.4 is 5.32 Å². The number of nitrogens with one attached hydrogen (secondary N) is 1. The van der Waals surface area contributed by atoms with E-state index in [-0.39, 0.29) is 0 Å². The normalized spacial score (nSPS) is 12.6. The zero-order valence-corrected chi connectivity index (χ0v) is 13.8. The first-order chi connectivity index (χ1) is 9.15. The van der Waals surface area contributed by atoms with Gasteiger partial charge in [0.05, 0.1) is 0 Å². The molecule has 108 valence electrons. The van der Waals surface area contributed by atoms with Crippen LogP contribution in [0.25, 0.3) is 0 Å². The third-order valence-electron chi connectivity index (χ3n) is 3.19. The molecule has 0 heterocycles. The summed E-state index contributed by atoms with van der Waals surface area (Å²) in [5.41, 5.74) is 4.22. The number of hydrogen-bond donors (Lipinski definition) is 1. The second-order valence-electron chi connectivity index (χ2n) is 5.45. The molecule has 1 aromatic carbocycles. The predicted molar refractivity (Wildman–Crippen MR) is 89.1 cm³/mol. The molecule has 0 saturated carbocycles. The highest BCUT2D eigenvalue weighted by atomic mass is 32.2. The van der Waals surface area contributed by atoms with Crippen LogP contribution >= 0.6 is 11.8 Å². The van der Waals surface area contributed by atoms with Crippen molar-refractivity contribution in [1.82, 2.24) is 5.32 Å². The lowest BCUT2D eigenvalue weighted by atomic mass is 10.1. The topological polar surface area (TPSA) is 12.0 Å². The molecule has 2 heteroatoms. The first kappa shape index (κ1) is 16.6. The van der Waals surface area contributed by atoms with E-state index in [1.165, 1.54) is 41.7 Å². The maximum absolute atomic E-state index is 3.66. The number of thioether (sulfide) groups is 1. The molecular weight excluding hydrogens is 250 g/mol. The monoisotopic (exact) mass is 279 g/mol. The highest BCUT2D eigenvalue weighted by Gasteiger charge is 2.06. The van der Waals surface area contributed by atoms with Crippen molar-refractivity contribution in [3.63, 3.8) is 0 Å². The third kappa shape index (κ3) is 7.03. The first-order valence-electron chi connectivity index (χ1n) is 7.54. The number of benzene rings is 1. The van der Waals surface area contributed by atoms with Crippen LogP contribution in [-0.4, -0.2) is 18.3 Å². The van der Waals surface area contributed by atoms with Gasteiger partial charge in [0.2, 0.25) is 0 Å². The average molecular weight is 279 g/mol. The van der Waals surface area contributed by atoms with Crippen LogP contribution in [0.15, 0.2) is 18.2 Å². The first-order valence-corrected chi connectivity index (χ1v) is 8.69. The van der Waals surface area contributed by atoms with E-state index in [0.29, 0.717) is 6.04 Å². The Labute approximate surface area is 123 Å². The van der Waals surface area contributed by atoms with Gasteiger partial charge < -0.3 is 5.32 Å². The van der Waals surface area contributed by atoms with E-state index >= 15 is 0 Å². The van der Waals surface area contributed by atoms with Crippen molar-refractivity contribution in [3.05, 3.63) is 34.9 Å². The minimum atomic E-state index is 0.681. The standard InChI is InChI=1S/C17H29NS/c1-5-7-17(18-8-6-2)13-19-12-16-10-14(3)9-15(4)11-16/h9-11,17-18H,5-8,12-13H2,1-4H3. The Bertz CT molecular complexity index is 342. The zero-order chi connectivity index (χ0) is 14.1. The maximum atomic E-state index is 3.66. The van der Waals surface area contributed by atoms with Crippen molar-refractivity contribution in [2.24, 2.45) is 0 Å². The van der Waals surface area contributed by atoms with E-state index in [1.807, 2.05) is 0 Å². The largest absolute Gasteiger partial charge is 0.313 e. The van der Waals surface area contributed by atoms with E-state index in [2.05, 4.69) is 63.0 Å². The number of rotatable bonds is 9. The smallest absolute Gasteiger partial charge is 0.0185 e. The van der Waals surface area contributed by atoms with Gasteiger partial charge in [-0.1, -0.05) is 49.6 Å². The van der Waals surface area contributed by atoms with Crippen molar-refractivity contribution in [2.75, 3.05) is 12.3 Å². The van der Waals surface area contributed by atoms with Crippen LogP contribution in [-0.2, 0) is 5.75 Å². The molecule has 19 heavy (non-hydrogen) atoms. The molecule has 1 unspecified atom stereocenters. The minimum Gasteiger partial charge on any atom is -0.313 e. The number of hydrogen-bond acceptors (Lipinski definition) is 2. The van der Waals surface area contributed by atoms with Crippen LogP contribution in [0.4, 0.5) is 0 Å². The van der Waals surface area contributed by atoms with Gasteiger partial charge in [-0.3, -0.25) is 0 Å². The Morgan fingerprint density at radius 1 is 1.05 bits per heavy atom. The molecule has 0 saturated heterocycles. The SMILES string of the molecule is CCCNC(CCC)CSCc1cc(C)cc(C)c1. The summed E-state index contributed by atoms with van der Waals surface area (Å²) in [5, 5.41) is 3.66. The van der Waals surface area contributed by atoms with E-state index in [4.69, 9.17) is 0 Å². The molecule has 0 fully saturated rings. The van der Waals surface area contributed by atoms with Crippen molar-refractivity contribution >= 4 is 11.8 Å². The van der Waals surface area contributed by atoms with Gasteiger partial charge >= 0.3 is 0 Å². The Kier molecular flexibility index (Phi) is 8.24. The Hall–Kier alpha value is -0.470. The molecule has 1 rings (SSSR count). The summed E-state index contributed by atoms with van der Waals surface area (Å²) >= 11 is 2.06. The van der Waals surface area contributed by atoms with Crippen molar-refractivity contribution in [1.29, 1.82) is 0 Å². The molecule has 1 aromatic rings. The Balaban J connectivity index is 2.37. The molecule has 0 spiro atoms. The van der Waals surface area contributed by atoms with Gasteiger partial charge in [0.15, 0.2) is 0 Å². The van der Waals surface area contributed by atoms with E-state index < -0.39 is 0 Å². The van der Waals surface area contributed by atoms with Gasteiger partial charge in [-0.25, -0.2) is 0 Å². The fourth-order valence-corrected chi connectivity index (χ4v) is 3.50. The molecule has 1 N–H and O–H groups in total. The molecule has 0 bridgehead atoms. The maximum Gasteiger partial charge on any atom is 0.0185 e. The van der Waals surface area contributed by atoms with E-state index in [0.717, 1.165) is 12.3 Å². The molecule has 0 amide bonds. The highest BCUT2D eigenvalue weighted by Crippen LogP contribution is 2.17. The second-order valence-corrected chi connectivity index (χ2v) is 6.48. The molecule has 1 atom stereocenters. The van der Waals surface area contributed by atoms with Crippen LogP contribution in [0.2, 0.25) is 0 Å². The molecule has 0 aliphatic carbocycles.